The first kappa shape index (κ1) is 24.6. The minimum Gasteiger partial charge on any atom is -0.497 e. The van der Waals surface area contributed by atoms with E-state index in [0.717, 1.165) is 28.3 Å². The largest absolute Gasteiger partial charge is 0.497 e. The van der Waals surface area contributed by atoms with Crippen molar-refractivity contribution in [3.63, 3.8) is 0 Å². The number of primary sulfonamides is 1. The Hall–Kier alpha value is -2.49. The summed E-state index contributed by atoms with van der Waals surface area (Å²) in [6.45, 7) is 0. The van der Waals surface area contributed by atoms with Crippen molar-refractivity contribution in [2.24, 2.45) is 5.14 Å². The Morgan fingerprint density at radius 3 is 2.26 bits per heavy atom. The van der Waals surface area contributed by atoms with Crippen LogP contribution in [0.5, 0.6) is 5.75 Å². The van der Waals surface area contributed by atoms with Gasteiger partial charge in [0.1, 0.15) is 5.75 Å². The number of hydrogen-bond donors (Lipinski definition) is 2. The summed E-state index contributed by atoms with van der Waals surface area (Å²) in [6.07, 6.45) is 0.450. The highest BCUT2D eigenvalue weighted by Crippen LogP contribution is 2.34. The van der Waals surface area contributed by atoms with Gasteiger partial charge in [-0.2, -0.15) is 0 Å². The average molecular weight is 534 g/mol. The van der Waals surface area contributed by atoms with E-state index in [9.17, 15) is 8.42 Å². The lowest BCUT2D eigenvalue weighted by Crippen LogP contribution is -2.14. The summed E-state index contributed by atoms with van der Waals surface area (Å²) in [5.41, 5.74) is 4.10. The first-order chi connectivity index (χ1) is 16.2. The maximum atomic E-state index is 11.9. The van der Waals surface area contributed by atoms with Crippen molar-refractivity contribution in [1.82, 2.24) is 9.97 Å². The minimum absolute atomic E-state index is 0.0812. The number of thioether (sulfide) groups is 1. The highest BCUT2D eigenvalue weighted by atomic mass is 35.5. The molecule has 0 amide bonds. The first-order valence-electron chi connectivity index (χ1n) is 10.2. The number of nitrogens with two attached hydrogens (primary N) is 1. The Bertz CT molecular complexity index is 1400. The van der Waals surface area contributed by atoms with Crippen LogP contribution in [0.15, 0.2) is 76.8 Å². The summed E-state index contributed by atoms with van der Waals surface area (Å²) in [5.74, 6) is 1.33. The molecule has 0 saturated heterocycles. The van der Waals surface area contributed by atoms with Gasteiger partial charge in [-0.3, -0.25) is 0 Å². The molecular weight excluding hydrogens is 513 g/mol. The molecule has 0 unspecified atom stereocenters. The summed E-state index contributed by atoms with van der Waals surface area (Å²) < 4.78 is 29.1. The molecule has 1 heterocycles. The molecule has 10 heteroatoms. The van der Waals surface area contributed by atoms with Gasteiger partial charge in [0.25, 0.3) is 0 Å². The molecule has 3 N–H and O–H groups in total. The number of aryl methyl sites for hydroxylation is 1. The Morgan fingerprint density at radius 2 is 1.62 bits per heavy atom. The Kier molecular flexibility index (Phi) is 7.54. The topological polar surface area (TPSA) is 98.1 Å². The molecule has 0 saturated carbocycles. The Morgan fingerprint density at radius 1 is 0.971 bits per heavy atom. The van der Waals surface area contributed by atoms with E-state index in [4.69, 9.17) is 38.1 Å². The molecule has 4 aromatic rings. The highest BCUT2D eigenvalue weighted by Gasteiger charge is 2.17. The zero-order valence-corrected chi connectivity index (χ0v) is 21.2. The molecule has 0 aliphatic heterocycles. The van der Waals surface area contributed by atoms with E-state index in [2.05, 4.69) is 4.98 Å². The number of methoxy groups -OCH3 is 1. The molecule has 34 heavy (non-hydrogen) atoms. The van der Waals surface area contributed by atoms with Crippen LogP contribution in [0.1, 0.15) is 5.56 Å². The standard InChI is InChI=1S/C24H21Cl2N3O3S2/c1-32-20-9-4-16(5-10-20)23-22(15-2-6-18(25)7-3-15)28-24(29-23)33-13-12-17-14-19(26)8-11-21(17)34(27,30)31/h2-11,14H,12-13H2,1H3,(H,28,29)(H2,27,30,31). The van der Waals surface area contributed by atoms with Crippen LogP contribution in [0.3, 0.4) is 0 Å². The van der Waals surface area contributed by atoms with Crippen molar-refractivity contribution in [1.29, 1.82) is 0 Å². The molecule has 1 aromatic heterocycles. The number of benzene rings is 3. The predicted octanol–water partition coefficient (Wildman–Crippen LogP) is 6.04. The number of nitrogens with zero attached hydrogens (tertiary/aromatic N) is 1. The van der Waals surface area contributed by atoms with Gasteiger partial charge in [-0.1, -0.05) is 47.1 Å². The third-order valence-corrected chi connectivity index (χ3v) is 7.49. The number of nitrogens with one attached hydrogen (secondary N) is 1. The fraction of sp³-hybridized carbons (Fsp3) is 0.125. The molecule has 6 nitrogen and oxygen atoms in total. The lowest BCUT2D eigenvalue weighted by atomic mass is 10.1. The molecule has 0 spiro atoms. The molecule has 3 aromatic carbocycles. The van der Waals surface area contributed by atoms with Gasteiger partial charge in [-0.05, 0) is 66.6 Å². The second kappa shape index (κ2) is 10.4. The Balaban J connectivity index is 1.62. The number of ether oxygens (including phenoxy) is 1. The smallest absolute Gasteiger partial charge is 0.238 e. The van der Waals surface area contributed by atoms with E-state index in [-0.39, 0.29) is 4.90 Å². The molecule has 4 rings (SSSR count). The minimum atomic E-state index is -3.84. The number of aromatic nitrogens is 2. The van der Waals surface area contributed by atoms with Crippen molar-refractivity contribution in [2.75, 3.05) is 12.9 Å². The number of hydrogen-bond acceptors (Lipinski definition) is 5. The summed E-state index contributed by atoms with van der Waals surface area (Å²) in [5, 5.41) is 7.16. The van der Waals surface area contributed by atoms with E-state index < -0.39 is 10.0 Å². The van der Waals surface area contributed by atoms with Crippen LogP contribution in [0.25, 0.3) is 22.5 Å². The number of imidazole rings is 1. The van der Waals surface area contributed by atoms with Crippen LogP contribution in [0, 0.1) is 0 Å². The van der Waals surface area contributed by atoms with E-state index in [0.29, 0.717) is 32.9 Å². The second-order valence-electron chi connectivity index (χ2n) is 7.40. The highest BCUT2D eigenvalue weighted by molar-refractivity contribution is 7.99. The van der Waals surface area contributed by atoms with Crippen LogP contribution in [0.2, 0.25) is 10.0 Å². The molecule has 0 aliphatic carbocycles. The molecule has 0 radical (unpaired) electrons. The quantitative estimate of drug-likeness (QED) is 0.269. The van der Waals surface area contributed by atoms with E-state index in [1.807, 2.05) is 48.5 Å². The zero-order chi connectivity index (χ0) is 24.3. The molecule has 0 bridgehead atoms. The van der Waals surface area contributed by atoms with Crippen LogP contribution >= 0.6 is 35.0 Å². The van der Waals surface area contributed by atoms with Crippen molar-refractivity contribution < 1.29 is 13.2 Å². The van der Waals surface area contributed by atoms with Gasteiger partial charge in [0.15, 0.2) is 5.16 Å². The van der Waals surface area contributed by atoms with Crippen LogP contribution in [0.4, 0.5) is 0 Å². The summed E-state index contributed by atoms with van der Waals surface area (Å²) in [6, 6.07) is 19.8. The maximum Gasteiger partial charge on any atom is 0.238 e. The van der Waals surface area contributed by atoms with Gasteiger partial charge in [0, 0.05) is 26.9 Å². The fourth-order valence-corrected chi connectivity index (χ4v) is 5.43. The maximum absolute atomic E-state index is 11.9. The first-order valence-corrected chi connectivity index (χ1v) is 13.5. The summed E-state index contributed by atoms with van der Waals surface area (Å²) in [4.78, 5) is 8.29. The molecular formula is C24H21Cl2N3O3S2. The lowest BCUT2D eigenvalue weighted by molar-refractivity contribution is 0.415. The van der Waals surface area contributed by atoms with Crippen molar-refractivity contribution >= 4 is 45.0 Å². The predicted molar refractivity (Wildman–Crippen MR) is 138 cm³/mol. The van der Waals surface area contributed by atoms with Crippen LogP contribution in [-0.2, 0) is 16.4 Å². The molecule has 0 aliphatic rings. The van der Waals surface area contributed by atoms with E-state index in [1.165, 1.54) is 23.9 Å². The Labute approximate surface area is 212 Å². The number of halogens is 2. The monoisotopic (exact) mass is 533 g/mol. The summed E-state index contributed by atoms with van der Waals surface area (Å²) >= 11 is 13.6. The average Bonchev–Trinajstić information content (AvgIpc) is 3.23. The van der Waals surface area contributed by atoms with Gasteiger partial charge >= 0.3 is 0 Å². The zero-order valence-electron chi connectivity index (χ0n) is 18.1. The number of sulfonamides is 1. The van der Waals surface area contributed by atoms with Gasteiger partial charge < -0.3 is 9.72 Å². The van der Waals surface area contributed by atoms with Gasteiger partial charge in [-0.25, -0.2) is 18.5 Å². The lowest BCUT2D eigenvalue weighted by Gasteiger charge is -2.07. The molecule has 0 atom stereocenters. The third-order valence-electron chi connectivity index (χ3n) is 5.12. The second-order valence-corrected chi connectivity index (χ2v) is 10.9. The summed E-state index contributed by atoms with van der Waals surface area (Å²) in [7, 11) is -2.22. The van der Waals surface area contributed by atoms with E-state index in [1.54, 1.807) is 13.2 Å². The van der Waals surface area contributed by atoms with Gasteiger partial charge in [0.05, 0.1) is 23.4 Å². The van der Waals surface area contributed by atoms with Crippen molar-refractivity contribution in [3.8, 4) is 28.3 Å². The normalized spacial score (nSPS) is 11.5. The molecule has 0 fully saturated rings. The number of aromatic amines is 1. The van der Waals surface area contributed by atoms with E-state index >= 15 is 0 Å². The fourth-order valence-electron chi connectivity index (χ4n) is 3.48. The van der Waals surface area contributed by atoms with Crippen LogP contribution < -0.4 is 9.88 Å². The van der Waals surface area contributed by atoms with Crippen LogP contribution in [-0.4, -0.2) is 31.2 Å². The van der Waals surface area contributed by atoms with Gasteiger partial charge in [0.2, 0.25) is 10.0 Å². The number of H-pyrrole nitrogens is 1. The van der Waals surface area contributed by atoms with Gasteiger partial charge in [-0.15, -0.1) is 0 Å². The number of rotatable bonds is 8. The molecule has 176 valence electrons. The third kappa shape index (κ3) is 5.76. The van der Waals surface area contributed by atoms with Crippen molar-refractivity contribution in [3.05, 3.63) is 82.3 Å². The van der Waals surface area contributed by atoms with Crippen molar-refractivity contribution in [2.45, 2.75) is 16.5 Å². The SMILES string of the molecule is COc1ccc(-c2[nH]c(SCCc3cc(Cl)ccc3S(N)(=O)=O)nc2-c2ccc(Cl)cc2)cc1.